The molecular weight excluding hydrogens is 395 g/mol. The number of amides is 1. The second-order valence-corrected chi connectivity index (χ2v) is 8.32. The maximum Gasteiger partial charge on any atom is 0.236 e. The van der Waals surface area contributed by atoms with E-state index in [4.69, 9.17) is 0 Å². The SMILES string of the molecule is CC(=O)c1ccc(N2CCN(C(=O)CN3CCC(Nc4ccccc4)C3)CC2)c(F)c1. The first-order valence-corrected chi connectivity index (χ1v) is 10.9. The molecule has 1 amide bonds. The summed E-state index contributed by atoms with van der Waals surface area (Å²) >= 11 is 0. The summed E-state index contributed by atoms with van der Waals surface area (Å²) in [6.07, 6.45) is 1.02. The number of carbonyl (C=O) groups is 2. The van der Waals surface area contributed by atoms with Gasteiger partial charge < -0.3 is 15.1 Å². The molecule has 2 aliphatic rings. The smallest absolute Gasteiger partial charge is 0.236 e. The van der Waals surface area contributed by atoms with E-state index in [1.54, 1.807) is 12.1 Å². The van der Waals surface area contributed by atoms with Gasteiger partial charge in [-0.05, 0) is 43.7 Å². The zero-order valence-corrected chi connectivity index (χ0v) is 17.9. The number of anilines is 2. The number of benzene rings is 2. The normalized spacial score (nSPS) is 19.5. The van der Waals surface area contributed by atoms with Gasteiger partial charge in [-0.3, -0.25) is 14.5 Å². The third-order valence-corrected chi connectivity index (χ3v) is 6.10. The lowest BCUT2D eigenvalue weighted by Gasteiger charge is -2.37. The van der Waals surface area contributed by atoms with Crippen molar-refractivity contribution < 1.29 is 14.0 Å². The lowest BCUT2D eigenvalue weighted by atomic mass is 10.1. The summed E-state index contributed by atoms with van der Waals surface area (Å²) in [6.45, 7) is 5.94. The molecule has 4 rings (SSSR count). The maximum absolute atomic E-state index is 14.4. The van der Waals surface area contributed by atoms with Gasteiger partial charge in [0, 0.05) is 56.6 Å². The molecule has 7 heteroatoms. The van der Waals surface area contributed by atoms with Crippen molar-refractivity contribution in [2.75, 3.05) is 56.0 Å². The highest BCUT2D eigenvalue weighted by molar-refractivity contribution is 5.94. The molecule has 2 aliphatic heterocycles. The van der Waals surface area contributed by atoms with Crippen molar-refractivity contribution in [2.45, 2.75) is 19.4 Å². The Morgan fingerprint density at radius 2 is 1.77 bits per heavy atom. The van der Waals surface area contributed by atoms with Gasteiger partial charge in [-0.15, -0.1) is 0 Å². The van der Waals surface area contributed by atoms with Crippen LogP contribution in [-0.4, -0.2) is 73.3 Å². The van der Waals surface area contributed by atoms with Crippen molar-refractivity contribution in [1.29, 1.82) is 0 Å². The van der Waals surface area contributed by atoms with Crippen molar-refractivity contribution >= 4 is 23.1 Å². The van der Waals surface area contributed by atoms with Gasteiger partial charge in [-0.1, -0.05) is 18.2 Å². The van der Waals surface area contributed by atoms with E-state index in [9.17, 15) is 14.0 Å². The number of piperazine rings is 1. The maximum atomic E-state index is 14.4. The van der Waals surface area contributed by atoms with Crippen LogP contribution in [0.3, 0.4) is 0 Å². The first-order chi connectivity index (χ1) is 15.0. The summed E-state index contributed by atoms with van der Waals surface area (Å²) in [5, 5.41) is 3.53. The Hall–Kier alpha value is -2.93. The molecule has 0 saturated carbocycles. The zero-order valence-electron chi connectivity index (χ0n) is 17.9. The number of para-hydroxylation sites is 1. The summed E-state index contributed by atoms with van der Waals surface area (Å²) in [5.74, 6) is -0.405. The minimum absolute atomic E-state index is 0.132. The summed E-state index contributed by atoms with van der Waals surface area (Å²) in [5.41, 5.74) is 1.98. The quantitative estimate of drug-likeness (QED) is 0.723. The standard InChI is InChI=1S/C24H29FN4O2/c1-18(30)19-7-8-23(22(25)15-19)28-11-13-29(14-12-28)24(31)17-27-10-9-21(16-27)26-20-5-3-2-4-6-20/h2-8,15,21,26H,9-14,16-17H2,1H3. The van der Waals surface area contributed by atoms with Crippen LogP contribution in [0.4, 0.5) is 15.8 Å². The summed E-state index contributed by atoms with van der Waals surface area (Å²) in [7, 11) is 0. The number of carbonyl (C=O) groups excluding carboxylic acids is 2. The number of hydrogen-bond donors (Lipinski definition) is 1. The van der Waals surface area contributed by atoms with Gasteiger partial charge in [-0.25, -0.2) is 4.39 Å². The molecule has 0 radical (unpaired) electrons. The highest BCUT2D eigenvalue weighted by Gasteiger charge is 2.28. The minimum atomic E-state index is -0.387. The molecule has 2 aromatic carbocycles. The van der Waals surface area contributed by atoms with Crippen LogP contribution < -0.4 is 10.2 Å². The summed E-state index contributed by atoms with van der Waals surface area (Å²) in [4.78, 5) is 30.2. The molecule has 31 heavy (non-hydrogen) atoms. The monoisotopic (exact) mass is 424 g/mol. The fourth-order valence-corrected chi connectivity index (χ4v) is 4.33. The highest BCUT2D eigenvalue weighted by atomic mass is 19.1. The van der Waals surface area contributed by atoms with Gasteiger partial charge >= 0.3 is 0 Å². The summed E-state index contributed by atoms with van der Waals surface area (Å²) < 4.78 is 14.4. The fraction of sp³-hybridized carbons (Fsp3) is 0.417. The molecule has 0 bridgehead atoms. The van der Waals surface area contributed by atoms with Gasteiger partial charge in [0.1, 0.15) is 5.82 Å². The van der Waals surface area contributed by atoms with E-state index in [0.29, 0.717) is 50.0 Å². The largest absolute Gasteiger partial charge is 0.381 e. The van der Waals surface area contributed by atoms with E-state index >= 15 is 0 Å². The molecule has 0 aliphatic carbocycles. The molecule has 164 valence electrons. The molecule has 2 saturated heterocycles. The lowest BCUT2D eigenvalue weighted by Crippen LogP contribution is -2.51. The molecule has 1 unspecified atom stereocenters. The molecule has 0 aromatic heterocycles. The molecule has 1 atom stereocenters. The van der Waals surface area contributed by atoms with Crippen LogP contribution in [0.1, 0.15) is 23.7 Å². The lowest BCUT2D eigenvalue weighted by molar-refractivity contribution is -0.132. The third-order valence-electron chi connectivity index (χ3n) is 6.10. The fourth-order valence-electron chi connectivity index (χ4n) is 4.33. The van der Waals surface area contributed by atoms with Crippen LogP contribution in [0.5, 0.6) is 0 Å². The molecule has 2 heterocycles. The Labute approximate surface area is 182 Å². The number of ketones is 1. The molecule has 0 spiro atoms. The van der Waals surface area contributed by atoms with Gasteiger partial charge in [0.15, 0.2) is 5.78 Å². The first-order valence-electron chi connectivity index (χ1n) is 10.9. The third kappa shape index (κ3) is 5.22. The van der Waals surface area contributed by atoms with E-state index < -0.39 is 0 Å². The predicted octanol–water partition coefficient (Wildman–Crippen LogP) is 2.86. The van der Waals surface area contributed by atoms with Crippen molar-refractivity contribution in [3.63, 3.8) is 0 Å². The zero-order chi connectivity index (χ0) is 21.8. The van der Waals surface area contributed by atoms with E-state index in [2.05, 4.69) is 22.3 Å². The number of rotatable bonds is 6. The van der Waals surface area contributed by atoms with Crippen LogP contribution in [0.2, 0.25) is 0 Å². The molecular formula is C24H29FN4O2. The Morgan fingerprint density at radius 1 is 1.03 bits per heavy atom. The Bertz CT molecular complexity index is 928. The molecule has 1 N–H and O–H groups in total. The van der Waals surface area contributed by atoms with Gasteiger partial charge in [0.25, 0.3) is 0 Å². The Morgan fingerprint density at radius 3 is 2.45 bits per heavy atom. The predicted molar refractivity (Wildman–Crippen MR) is 120 cm³/mol. The summed E-state index contributed by atoms with van der Waals surface area (Å²) in [6, 6.07) is 15.1. The van der Waals surface area contributed by atoms with Crippen molar-refractivity contribution in [2.24, 2.45) is 0 Å². The Balaban J connectivity index is 1.25. The number of nitrogens with zero attached hydrogens (tertiary/aromatic N) is 3. The van der Waals surface area contributed by atoms with Crippen LogP contribution in [0, 0.1) is 5.82 Å². The average molecular weight is 425 g/mol. The number of halogens is 1. The average Bonchev–Trinajstić information content (AvgIpc) is 3.21. The molecule has 6 nitrogen and oxygen atoms in total. The number of nitrogens with one attached hydrogen (secondary N) is 1. The first kappa shape index (κ1) is 21.3. The van der Waals surface area contributed by atoms with Gasteiger partial charge in [-0.2, -0.15) is 0 Å². The molecule has 2 fully saturated rings. The van der Waals surface area contributed by atoms with E-state index in [0.717, 1.165) is 25.2 Å². The van der Waals surface area contributed by atoms with Gasteiger partial charge in [0.05, 0.1) is 12.2 Å². The molecule has 2 aromatic rings. The van der Waals surface area contributed by atoms with E-state index in [1.807, 2.05) is 28.0 Å². The minimum Gasteiger partial charge on any atom is -0.381 e. The second kappa shape index (κ2) is 9.47. The topological polar surface area (TPSA) is 55.9 Å². The van der Waals surface area contributed by atoms with Crippen LogP contribution in [0.25, 0.3) is 0 Å². The number of likely N-dealkylation sites (tertiary alicyclic amines) is 1. The van der Waals surface area contributed by atoms with Crippen LogP contribution in [-0.2, 0) is 4.79 Å². The van der Waals surface area contributed by atoms with Crippen molar-refractivity contribution in [1.82, 2.24) is 9.80 Å². The van der Waals surface area contributed by atoms with E-state index in [1.165, 1.54) is 13.0 Å². The second-order valence-electron chi connectivity index (χ2n) is 8.32. The number of hydrogen-bond acceptors (Lipinski definition) is 5. The number of Topliss-reactive ketones (excluding diaryl/α,β-unsaturated/α-hetero) is 1. The van der Waals surface area contributed by atoms with Crippen molar-refractivity contribution in [3.8, 4) is 0 Å². The van der Waals surface area contributed by atoms with Crippen LogP contribution >= 0.6 is 0 Å². The van der Waals surface area contributed by atoms with E-state index in [-0.39, 0.29) is 17.5 Å². The van der Waals surface area contributed by atoms with Crippen LogP contribution in [0.15, 0.2) is 48.5 Å². The van der Waals surface area contributed by atoms with Gasteiger partial charge in [0.2, 0.25) is 5.91 Å². The Kier molecular flexibility index (Phi) is 6.51. The highest BCUT2D eigenvalue weighted by Crippen LogP contribution is 2.23. The van der Waals surface area contributed by atoms with Crippen molar-refractivity contribution in [3.05, 3.63) is 59.9 Å².